The predicted octanol–water partition coefficient (Wildman–Crippen LogP) is 0.881. The molecule has 3 nitrogen and oxygen atoms in total. The van der Waals surface area contributed by atoms with Crippen LogP contribution in [-0.2, 0) is 11.3 Å². The van der Waals surface area contributed by atoms with E-state index < -0.39 is 0 Å². The van der Waals surface area contributed by atoms with Gasteiger partial charge < -0.3 is 15.2 Å². The molecule has 1 aliphatic heterocycles. The van der Waals surface area contributed by atoms with Crippen LogP contribution < -0.4 is 5.32 Å². The minimum atomic E-state index is 0.315. The molecule has 13 heavy (non-hydrogen) atoms. The molecule has 2 N–H and O–H groups in total. The number of aromatic hydroxyl groups is 1. The van der Waals surface area contributed by atoms with Gasteiger partial charge in [-0.3, -0.25) is 0 Å². The molecule has 0 bridgehead atoms. The Morgan fingerprint density at radius 2 is 2.00 bits per heavy atom. The van der Waals surface area contributed by atoms with Crippen molar-refractivity contribution in [3.8, 4) is 5.75 Å². The second-order valence-corrected chi connectivity index (χ2v) is 3.28. The molecule has 1 aromatic rings. The number of hydrogen-bond donors (Lipinski definition) is 2. The van der Waals surface area contributed by atoms with E-state index in [9.17, 15) is 0 Å². The lowest BCUT2D eigenvalue weighted by atomic mass is 10.2. The standard InChI is InChI=1S/C10H13NO2/c12-10-3-1-8(2-4-10)5-11-9-6-13-7-9/h1-4,9,11-12H,5-7H2. The number of ether oxygens (including phenoxy) is 1. The largest absolute Gasteiger partial charge is 0.508 e. The second kappa shape index (κ2) is 3.77. The zero-order chi connectivity index (χ0) is 9.10. The average molecular weight is 179 g/mol. The molecular weight excluding hydrogens is 166 g/mol. The highest BCUT2D eigenvalue weighted by Gasteiger charge is 2.16. The minimum absolute atomic E-state index is 0.315. The van der Waals surface area contributed by atoms with Gasteiger partial charge in [-0.15, -0.1) is 0 Å². The molecule has 1 aromatic carbocycles. The van der Waals surface area contributed by atoms with E-state index in [1.54, 1.807) is 12.1 Å². The van der Waals surface area contributed by atoms with Crippen LogP contribution in [0.15, 0.2) is 24.3 Å². The minimum Gasteiger partial charge on any atom is -0.508 e. The summed E-state index contributed by atoms with van der Waals surface area (Å²) in [4.78, 5) is 0. The van der Waals surface area contributed by atoms with Crippen molar-refractivity contribution < 1.29 is 9.84 Å². The summed E-state index contributed by atoms with van der Waals surface area (Å²) in [6.45, 7) is 2.48. The third kappa shape index (κ3) is 2.20. The number of rotatable bonds is 3. The molecule has 0 amide bonds. The van der Waals surface area contributed by atoms with Crippen molar-refractivity contribution in [2.24, 2.45) is 0 Å². The highest BCUT2D eigenvalue weighted by atomic mass is 16.5. The molecule has 0 aromatic heterocycles. The van der Waals surface area contributed by atoms with Gasteiger partial charge in [0.05, 0.1) is 19.3 Å². The lowest BCUT2D eigenvalue weighted by Gasteiger charge is -2.26. The van der Waals surface area contributed by atoms with Crippen LogP contribution >= 0.6 is 0 Å². The summed E-state index contributed by atoms with van der Waals surface area (Å²) < 4.78 is 5.04. The Labute approximate surface area is 77.3 Å². The van der Waals surface area contributed by atoms with Crippen LogP contribution in [0.5, 0.6) is 5.75 Å². The SMILES string of the molecule is Oc1ccc(CNC2COC2)cc1. The molecule has 0 unspecified atom stereocenters. The summed E-state index contributed by atoms with van der Waals surface area (Å²) in [6.07, 6.45) is 0. The third-order valence-corrected chi connectivity index (χ3v) is 2.17. The monoisotopic (exact) mass is 179 g/mol. The number of nitrogens with one attached hydrogen (secondary N) is 1. The highest BCUT2D eigenvalue weighted by Crippen LogP contribution is 2.10. The van der Waals surface area contributed by atoms with Gasteiger partial charge in [0.15, 0.2) is 0 Å². The Bertz CT molecular complexity index is 267. The summed E-state index contributed by atoms with van der Waals surface area (Å²) in [5, 5.41) is 12.4. The van der Waals surface area contributed by atoms with Gasteiger partial charge in [-0.1, -0.05) is 12.1 Å². The fourth-order valence-corrected chi connectivity index (χ4v) is 1.23. The summed E-state index contributed by atoms with van der Waals surface area (Å²) >= 11 is 0. The van der Waals surface area contributed by atoms with Crippen molar-refractivity contribution in [1.82, 2.24) is 5.32 Å². The van der Waals surface area contributed by atoms with Crippen molar-refractivity contribution in [2.45, 2.75) is 12.6 Å². The van der Waals surface area contributed by atoms with E-state index in [1.807, 2.05) is 12.1 Å². The van der Waals surface area contributed by atoms with E-state index in [-0.39, 0.29) is 0 Å². The van der Waals surface area contributed by atoms with Gasteiger partial charge in [0, 0.05) is 6.54 Å². The van der Waals surface area contributed by atoms with E-state index in [1.165, 1.54) is 5.56 Å². The third-order valence-electron chi connectivity index (χ3n) is 2.17. The van der Waals surface area contributed by atoms with Crippen LogP contribution in [0.3, 0.4) is 0 Å². The molecule has 0 aliphatic carbocycles. The van der Waals surface area contributed by atoms with E-state index in [0.29, 0.717) is 11.8 Å². The van der Waals surface area contributed by atoms with Crippen molar-refractivity contribution >= 4 is 0 Å². The maximum atomic E-state index is 9.05. The second-order valence-electron chi connectivity index (χ2n) is 3.28. The fourth-order valence-electron chi connectivity index (χ4n) is 1.23. The molecule has 0 radical (unpaired) electrons. The van der Waals surface area contributed by atoms with Gasteiger partial charge in [0.25, 0.3) is 0 Å². The predicted molar refractivity (Wildman–Crippen MR) is 49.6 cm³/mol. The Balaban J connectivity index is 1.83. The smallest absolute Gasteiger partial charge is 0.115 e. The Hall–Kier alpha value is -1.06. The van der Waals surface area contributed by atoms with Gasteiger partial charge in [-0.25, -0.2) is 0 Å². The van der Waals surface area contributed by atoms with Crippen LogP contribution in [0.2, 0.25) is 0 Å². The quantitative estimate of drug-likeness (QED) is 0.723. The maximum Gasteiger partial charge on any atom is 0.115 e. The maximum absolute atomic E-state index is 9.05. The first-order chi connectivity index (χ1) is 6.34. The van der Waals surface area contributed by atoms with E-state index >= 15 is 0 Å². The van der Waals surface area contributed by atoms with Crippen LogP contribution in [-0.4, -0.2) is 24.4 Å². The number of phenols is 1. The fraction of sp³-hybridized carbons (Fsp3) is 0.400. The number of benzene rings is 1. The summed E-state index contributed by atoms with van der Waals surface area (Å²) in [5.74, 6) is 0.315. The summed E-state index contributed by atoms with van der Waals surface area (Å²) in [5.41, 5.74) is 1.18. The lowest BCUT2D eigenvalue weighted by Crippen LogP contribution is -2.45. The molecule has 0 saturated carbocycles. The number of phenolic OH excluding ortho intramolecular Hbond substituents is 1. The highest BCUT2D eigenvalue weighted by molar-refractivity contribution is 5.25. The van der Waals surface area contributed by atoms with Gasteiger partial charge in [-0.05, 0) is 17.7 Å². The molecule has 1 fully saturated rings. The molecule has 1 heterocycles. The first-order valence-corrected chi connectivity index (χ1v) is 4.43. The van der Waals surface area contributed by atoms with Gasteiger partial charge in [0.2, 0.25) is 0 Å². The Morgan fingerprint density at radius 3 is 2.54 bits per heavy atom. The molecule has 0 atom stereocenters. The first-order valence-electron chi connectivity index (χ1n) is 4.43. The Kier molecular flexibility index (Phi) is 2.47. The molecule has 1 saturated heterocycles. The summed E-state index contributed by atoms with van der Waals surface area (Å²) in [6, 6.07) is 7.75. The van der Waals surface area contributed by atoms with Crippen LogP contribution in [0.4, 0.5) is 0 Å². The lowest BCUT2D eigenvalue weighted by molar-refractivity contribution is -0.00578. The van der Waals surface area contributed by atoms with Crippen molar-refractivity contribution in [1.29, 1.82) is 0 Å². The van der Waals surface area contributed by atoms with Crippen LogP contribution in [0.1, 0.15) is 5.56 Å². The van der Waals surface area contributed by atoms with Gasteiger partial charge in [-0.2, -0.15) is 0 Å². The normalized spacial score (nSPS) is 16.9. The van der Waals surface area contributed by atoms with Crippen molar-refractivity contribution in [3.63, 3.8) is 0 Å². The Morgan fingerprint density at radius 1 is 1.31 bits per heavy atom. The van der Waals surface area contributed by atoms with Crippen LogP contribution in [0.25, 0.3) is 0 Å². The zero-order valence-electron chi connectivity index (χ0n) is 7.36. The summed E-state index contributed by atoms with van der Waals surface area (Å²) in [7, 11) is 0. The van der Waals surface area contributed by atoms with Crippen molar-refractivity contribution in [2.75, 3.05) is 13.2 Å². The molecule has 3 heteroatoms. The molecule has 0 spiro atoms. The topological polar surface area (TPSA) is 41.5 Å². The molecule has 1 aliphatic rings. The van der Waals surface area contributed by atoms with Gasteiger partial charge >= 0.3 is 0 Å². The number of hydrogen-bond acceptors (Lipinski definition) is 3. The average Bonchev–Trinajstić information content (AvgIpc) is 2.05. The van der Waals surface area contributed by atoms with E-state index in [0.717, 1.165) is 19.8 Å². The molecule has 70 valence electrons. The van der Waals surface area contributed by atoms with E-state index in [4.69, 9.17) is 9.84 Å². The van der Waals surface area contributed by atoms with Gasteiger partial charge in [0.1, 0.15) is 5.75 Å². The first kappa shape index (κ1) is 8.53. The molecular formula is C10H13NO2. The molecule has 2 rings (SSSR count). The van der Waals surface area contributed by atoms with Crippen molar-refractivity contribution in [3.05, 3.63) is 29.8 Å². The van der Waals surface area contributed by atoms with E-state index in [2.05, 4.69) is 5.32 Å². The zero-order valence-corrected chi connectivity index (χ0v) is 7.36. The van der Waals surface area contributed by atoms with Crippen LogP contribution in [0, 0.1) is 0 Å².